The SMILES string of the molecule is CC1(C)[C@H]2CC[C@]1(C)[C@H](O[C@@H]1O[C@H](CO[C@@H]3OC[C@@H](O)[C@H](O)[C@H]3O)[C@@H](O)[C@H](O)[C@H]1O)C2. The molecule has 31 heavy (non-hydrogen) atoms. The van der Waals surface area contributed by atoms with Gasteiger partial charge in [0, 0.05) is 0 Å². The zero-order valence-corrected chi connectivity index (χ0v) is 18.2. The van der Waals surface area contributed by atoms with E-state index in [1.54, 1.807) is 0 Å². The molecule has 2 saturated heterocycles. The molecule has 2 bridgehead atoms. The topological polar surface area (TPSA) is 158 Å². The highest BCUT2D eigenvalue weighted by Gasteiger charge is 2.63. The van der Waals surface area contributed by atoms with Gasteiger partial charge in [0.15, 0.2) is 12.6 Å². The Kier molecular flexibility index (Phi) is 6.46. The highest BCUT2D eigenvalue weighted by atomic mass is 16.7. The Bertz CT molecular complexity index is 646. The molecule has 10 nitrogen and oxygen atoms in total. The fourth-order valence-corrected chi connectivity index (χ4v) is 5.78. The van der Waals surface area contributed by atoms with Gasteiger partial charge in [0.25, 0.3) is 0 Å². The minimum Gasteiger partial charge on any atom is -0.388 e. The number of fused-ring (bicyclic) bond motifs is 2. The van der Waals surface area contributed by atoms with Crippen LogP contribution in [0.2, 0.25) is 0 Å². The molecule has 4 fully saturated rings. The van der Waals surface area contributed by atoms with Crippen molar-refractivity contribution >= 4 is 0 Å². The van der Waals surface area contributed by atoms with E-state index < -0.39 is 55.3 Å². The summed E-state index contributed by atoms with van der Waals surface area (Å²) in [6, 6.07) is 0. The third-order valence-corrected chi connectivity index (χ3v) is 8.56. The van der Waals surface area contributed by atoms with E-state index in [0.29, 0.717) is 5.92 Å². The molecule has 0 aromatic rings. The van der Waals surface area contributed by atoms with Gasteiger partial charge in [-0.05, 0) is 36.0 Å². The Hall–Kier alpha value is -0.400. The van der Waals surface area contributed by atoms with Crippen molar-refractivity contribution in [2.45, 2.75) is 101 Å². The van der Waals surface area contributed by atoms with Gasteiger partial charge < -0.3 is 49.6 Å². The van der Waals surface area contributed by atoms with Crippen molar-refractivity contribution in [2.75, 3.05) is 13.2 Å². The maximum absolute atomic E-state index is 10.5. The van der Waals surface area contributed by atoms with Crippen LogP contribution in [0, 0.1) is 16.7 Å². The lowest BCUT2D eigenvalue weighted by molar-refractivity contribution is -0.333. The lowest BCUT2D eigenvalue weighted by Gasteiger charge is -2.45. The minimum absolute atomic E-state index is 0.0786. The summed E-state index contributed by atoms with van der Waals surface area (Å²) in [6.07, 6.45) is -9.10. The van der Waals surface area contributed by atoms with Crippen LogP contribution in [0.25, 0.3) is 0 Å². The van der Waals surface area contributed by atoms with Crippen molar-refractivity contribution in [1.82, 2.24) is 0 Å². The second-order valence-electron chi connectivity index (χ2n) is 10.3. The van der Waals surface area contributed by atoms with E-state index in [-0.39, 0.29) is 30.1 Å². The molecular formula is C21H36O10. The van der Waals surface area contributed by atoms with Crippen LogP contribution in [0.4, 0.5) is 0 Å². The summed E-state index contributed by atoms with van der Waals surface area (Å²) in [5, 5.41) is 60.5. The Morgan fingerprint density at radius 3 is 2.16 bits per heavy atom. The third kappa shape index (κ3) is 3.84. The number of rotatable bonds is 5. The molecule has 2 aliphatic carbocycles. The van der Waals surface area contributed by atoms with Crippen molar-refractivity contribution in [3.05, 3.63) is 0 Å². The van der Waals surface area contributed by atoms with Crippen LogP contribution < -0.4 is 0 Å². The summed E-state index contributed by atoms with van der Waals surface area (Å²) in [6.45, 7) is 6.16. The van der Waals surface area contributed by atoms with Crippen molar-refractivity contribution in [3.8, 4) is 0 Å². The minimum atomic E-state index is -1.50. The smallest absolute Gasteiger partial charge is 0.186 e. The van der Waals surface area contributed by atoms with Gasteiger partial charge in [-0.15, -0.1) is 0 Å². The van der Waals surface area contributed by atoms with Crippen LogP contribution in [-0.2, 0) is 18.9 Å². The highest BCUT2D eigenvalue weighted by Crippen LogP contribution is 2.66. The molecular weight excluding hydrogens is 412 g/mol. The van der Waals surface area contributed by atoms with Crippen LogP contribution >= 0.6 is 0 Å². The lowest BCUT2D eigenvalue weighted by atomic mass is 9.70. The molecule has 4 rings (SSSR count). The molecule has 0 unspecified atom stereocenters. The van der Waals surface area contributed by atoms with E-state index in [9.17, 15) is 30.6 Å². The van der Waals surface area contributed by atoms with Crippen molar-refractivity contribution in [1.29, 1.82) is 0 Å². The highest BCUT2D eigenvalue weighted by molar-refractivity contribution is 5.11. The first-order chi connectivity index (χ1) is 14.5. The molecule has 0 spiro atoms. The molecule has 0 radical (unpaired) electrons. The number of hydrogen-bond donors (Lipinski definition) is 6. The molecule has 2 saturated carbocycles. The molecule has 12 atom stereocenters. The Morgan fingerprint density at radius 2 is 1.55 bits per heavy atom. The number of ether oxygens (including phenoxy) is 4. The summed E-state index contributed by atoms with van der Waals surface area (Å²) in [5.74, 6) is 0.518. The Labute approximate surface area is 181 Å². The van der Waals surface area contributed by atoms with E-state index in [1.165, 1.54) is 0 Å². The molecule has 180 valence electrons. The van der Waals surface area contributed by atoms with Gasteiger partial charge in [0.2, 0.25) is 0 Å². The lowest BCUT2D eigenvalue weighted by Crippen LogP contribution is -2.61. The fraction of sp³-hybridized carbons (Fsp3) is 1.00. The molecule has 0 aromatic carbocycles. The molecule has 2 heterocycles. The predicted molar refractivity (Wildman–Crippen MR) is 104 cm³/mol. The summed E-state index contributed by atoms with van der Waals surface area (Å²) in [5.41, 5.74) is 0.0164. The van der Waals surface area contributed by atoms with E-state index in [1.807, 2.05) is 0 Å². The zero-order valence-electron chi connectivity index (χ0n) is 18.2. The van der Waals surface area contributed by atoms with Gasteiger partial charge in [-0.1, -0.05) is 20.8 Å². The molecule has 10 heteroatoms. The van der Waals surface area contributed by atoms with Gasteiger partial charge in [-0.3, -0.25) is 0 Å². The number of hydrogen-bond acceptors (Lipinski definition) is 10. The van der Waals surface area contributed by atoms with Crippen molar-refractivity contribution in [2.24, 2.45) is 16.7 Å². The quantitative estimate of drug-likeness (QED) is 0.292. The fourth-order valence-electron chi connectivity index (χ4n) is 5.78. The normalized spacial score (nSPS) is 54.3. The first kappa shape index (κ1) is 23.7. The van der Waals surface area contributed by atoms with E-state index >= 15 is 0 Å². The molecule has 4 aliphatic rings. The third-order valence-electron chi connectivity index (χ3n) is 8.56. The van der Waals surface area contributed by atoms with E-state index in [2.05, 4.69) is 20.8 Å². The van der Waals surface area contributed by atoms with Crippen LogP contribution in [-0.4, -0.2) is 105 Å². The molecule has 0 aromatic heterocycles. The largest absolute Gasteiger partial charge is 0.388 e. The average molecular weight is 449 g/mol. The maximum Gasteiger partial charge on any atom is 0.186 e. The molecule has 0 amide bonds. The average Bonchev–Trinajstić information content (AvgIpc) is 3.06. The standard InChI is InChI=1S/C21H36O10/c1-20(2)9-4-5-21(20,3)12(6-9)31-19-17(27)15(25)14(24)11(30-19)8-29-18-16(26)13(23)10(22)7-28-18/h9-19,22-27H,4-8H2,1-3H3/t9-,10+,11+,12+,13-,14+,15-,16+,17+,18-,19-,21+/m0/s1. The summed E-state index contributed by atoms with van der Waals surface area (Å²) in [7, 11) is 0. The van der Waals surface area contributed by atoms with Gasteiger partial charge in [0.1, 0.15) is 42.7 Å². The van der Waals surface area contributed by atoms with Crippen molar-refractivity contribution in [3.63, 3.8) is 0 Å². The maximum atomic E-state index is 10.5. The van der Waals surface area contributed by atoms with Crippen LogP contribution in [0.1, 0.15) is 40.0 Å². The summed E-state index contributed by atoms with van der Waals surface area (Å²) >= 11 is 0. The van der Waals surface area contributed by atoms with Gasteiger partial charge in [-0.25, -0.2) is 0 Å². The predicted octanol–water partition coefficient (Wildman–Crippen LogP) is -1.52. The second kappa shape index (κ2) is 8.43. The van der Waals surface area contributed by atoms with Crippen molar-refractivity contribution < 1.29 is 49.6 Å². The van der Waals surface area contributed by atoms with Crippen LogP contribution in [0.15, 0.2) is 0 Å². The Balaban J connectivity index is 1.39. The summed E-state index contributed by atoms with van der Waals surface area (Å²) < 4.78 is 22.6. The second-order valence-corrected chi connectivity index (χ2v) is 10.3. The Morgan fingerprint density at radius 1 is 0.871 bits per heavy atom. The molecule has 2 aliphatic heterocycles. The van der Waals surface area contributed by atoms with E-state index in [4.69, 9.17) is 18.9 Å². The zero-order chi connectivity index (χ0) is 22.7. The first-order valence-corrected chi connectivity index (χ1v) is 11.1. The molecule has 6 N–H and O–H groups in total. The summed E-state index contributed by atoms with van der Waals surface area (Å²) in [4.78, 5) is 0. The van der Waals surface area contributed by atoms with E-state index in [0.717, 1.165) is 19.3 Å². The van der Waals surface area contributed by atoms with Gasteiger partial charge in [-0.2, -0.15) is 0 Å². The van der Waals surface area contributed by atoms with Gasteiger partial charge in [0.05, 0.1) is 19.3 Å². The van der Waals surface area contributed by atoms with Crippen LogP contribution in [0.5, 0.6) is 0 Å². The van der Waals surface area contributed by atoms with Crippen LogP contribution in [0.3, 0.4) is 0 Å². The number of aliphatic hydroxyl groups is 6. The van der Waals surface area contributed by atoms with Gasteiger partial charge >= 0.3 is 0 Å². The monoisotopic (exact) mass is 448 g/mol. The first-order valence-electron chi connectivity index (χ1n) is 11.1. The number of aliphatic hydroxyl groups excluding tert-OH is 6.